The van der Waals surface area contributed by atoms with Gasteiger partial charge < -0.3 is 5.32 Å². The SMILES string of the molecule is CCC[C@@H](C)NC(=O)c1ccc(C)c(S(=O)(=O)Nc2cc(C)cc(C)c2)c1. The Hall–Kier alpha value is -2.34. The molecule has 1 atom stereocenters. The summed E-state index contributed by atoms with van der Waals surface area (Å²) in [5, 5.41) is 2.91. The van der Waals surface area contributed by atoms with Gasteiger partial charge in [-0.15, -0.1) is 0 Å². The second-order valence-electron chi connectivity index (χ2n) is 7.13. The highest BCUT2D eigenvalue weighted by Gasteiger charge is 2.20. The molecule has 146 valence electrons. The fraction of sp³-hybridized carbons (Fsp3) is 0.381. The molecule has 2 aromatic carbocycles. The molecule has 0 fully saturated rings. The zero-order chi connectivity index (χ0) is 20.2. The number of benzene rings is 2. The van der Waals surface area contributed by atoms with Crippen LogP contribution in [0.15, 0.2) is 41.3 Å². The summed E-state index contributed by atoms with van der Waals surface area (Å²) in [6, 6.07) is 10.3. The first-order chi connectivity index (χ1) is 12.6. The minimum atomic E-state index is -3.80. The van der Waals surface area contributed by atoms with Crippen molar-refractivity contribution >= 4 is 21.6 Å². The third-order valence-corrected chi connectivity index (χ3v) is 5.84. The topological polar surface area (TPSA) is 75.3 Å². The molecule has 2 aromatic rings. The Labute approximate surface area is 162 Å². The molecule has 5 nitrogen and oxygen atoms in total. The number of carbonyl (C=O) groups excluding carboxylic acids is 1. The van der Waals surface area contributed by atoms with E-state index in [9.17, 15) is 13.2 Å². The smallest absolute Gasteiger partial charge is 0.262 e. The molecule has 1 amide bonds. The molecule has 27 heavy (non-hydrogen) atoms. The van der Waals surface area contributed by atoms with Crippen molar-refractivity contribution in [3.8, 4) is 0 Å². The van der Waals surface area contributed by atoms with E-state index in [1.807, 2.05) is 26.8 Å². The quantitative estimate of drug-likeness (QED) is 0.741. The van der Waals surface area contributed by atoms with Crippen molar-refractivity contribution in [1.82, 2.24) is 5.32 Å². The van der Waals surface area contributed by atoms with Gasteiger partial charge in [0.05, 0.1) is 4.90 Å². The summed E-state index contributed by atoms with van der Waals surface area (Å²) in [4.78, 5) is 12.6. The number of sulfonamides is 1. The molecular weight excluding hydrogens is 360 g/mol. The van der Waals surface area contributed by atoms with Crippen LogP contribution in [0.2, 0.25) is 0 Å². The lowest BCUT2D eigenvalue weighted by Gasteiger charge is -2.15. The third kappa shape index (κ3) is 5.57. The van der Waals surface area contributed by atoms with Crippen LogP contribution in [0.5, 0.6) is 0 Å². The van der Waals surface area contributed by atoms with E-state index in [4.69, 9.17) is 0 Å². The van der Waals surface area contributed by atoms with E-state index < -0.39 is 10.0 Å². The van der Waals surface area contributed by atoms with Gasteiger partial charge in [0, 0.05) is 17.3 Å². The van der Waals surface area contributed by atoms with E-state index in [1.165, 1.54) is 6.07 Å². The number of rotatable bonds is 7. The number of nitrogens with one attached hydrogen (secondary N) is 2. The number of hydrogen-bond acceptors (Lipinski definition) is 3. The molecule has 0 unspecified atom stereocenters. The van der Waals surface area contributed by atoms with Gasteiger partial charge in [-0.3, -0.25) is 9.52 Å². The molecule has 0 bridgehead atoms. The zero-order valence-corrected chi connectivity index (χ0v) is 17.4. The largest absolute Gasteiger partial charge is 0.350 e. The van der Waals surface area contributed by atoms with Gasteiger partial charge in [0.15, 0.2) is 0 Å². The maximum absolute atomic E-state index is 12.9. The maximum atomic E-state index is 12.9. The van der Waals surface area contributed by atoms with Crippen LogP contribution in [0.3, 0.4) is 0 Å². The molecule has 0 aromatic heterocycles. The molecule has 0 aliphatic heterocycles. The highest BCUT2D eigenvalue weighted by Crippen LogP contribution is 2.22. The standard InChI is InChI=1S/C21H28N2O3S/c1-6-7-17(5)22-21(24)18-9-8-16(4)20(13-18)27(25,26)23-19-11-14(2)10-15(3)12-19/h8-13,17,23H,6-7H2,1-5H3,(H,22,24)/t17-/m1/s1. The van der Waals surface area contributed by atoms with Crippen LogP contribution in [-0.4, -0.2) is 20.4 Å². The van der Waals surface area contributed by atoms with Gasteiger partial charge in [0.2, 0.25) is 0 Å². The molecule has 0 radical (unpaired) electrons. The van der Waals surface area contributed by atoms with E-state index in [0.717, 1.165) is 24.0 Å². The summed E-state index contributed by atoms with van der Waals surface area (Å²) in [7, 11) is -3.80. The Balaban J connectivity index is 2.32. The molecule has 0 spiro atoms. The second-order valence-corrected chi connectivity index (χ2v) is 8.78. The van der Waals surface area contributed by atoms with Crippen molar-refractivity contribution in [2.45, 2.75) is 58.4 Å². The van der Waals surface area contributed by atoms with Crippen LogP contribution in [0.25, 0.3) is 0 Å². The molecule has 2 N–H and O–H groups in total. The third-order valence-electron chi connectivity index (χ3n) is 4.31. The van der Waals surface area contributed by atoms with Crippen molar-refractivity contribution in [1.29, 1.82) is 0 Å². The monoisotopic (exact) mass is 388 g/mol. The van der Waals surface area contributed by atoms with Gasteiger partial charge in [-0.2, -0.15) is 0 Å². The Kier molecular flexibility index (Phi) is 6.65. The number of aryl methyl sites for hydroxylation is 3. The van der Waals surface area contributed by atoms with Crippen LogP contribution in [0, 0.1) is 20.8 Å². The van der Waals surface area contributed by atoms with Crippen LogP contribution < -0.4 is 10.0 Å². The number of amides is 1. The lowest BCUT2D eigenvalue weighted by molar-refractivity contribution is 0.0938. The van der Waals surface area contributed by atoms with Crippen LogP contribution >= 0.6 is 0 Å². The number of anilines is 1. The molecule has 6 heteroatoms. The highest BCUT2D eigenvalue weighted by molar-refractivity contribution is 7.92. The van der Waals surface area contributed by atoms with E-state index in [1.54, 1.807) is 31.2 Å². The molecule has 0 heterocycles. The molecule has 0 saturated heterocycles. The molecule has 2 rings (SSSR count). The first kappa shape index (κ1) is 21.0. The lowest BCUT2D eigenvalue weighted by atomic mass is 10.1. The Morgan fingerprint density at radius 1 is 1.04 bits per heavy atom. The predicted molar refractivity (Wildman–Crippen MR) is 110 cm³/mol. The van der Waals surface area contributed by atoms with Crippen molar-refractivity contribution in [2.75, 3.05) is 4.72 Å². The van der Waals surface area contributed by atoms with Gasteiger partial charge in [0.1, 0.15) is 0 Å². The highest BCUT2D eigenvalue weighted by atomic mass is 32.2. The van der Waals surface area contributed by atoms with Crippen molar-refractivity contribution in [2.24, 2.45) is 0 Å². The Morgan fingerprint density at radius 2 is 1.67 bits per heavy atom. The minimum absolute atomic E-state index is 0.0391. The fourth-order valence-corrected chi connectivity index (χ4v) is 4.40. The Bertz CT molecular complexity index is 916. The summed E-state index contributed by atoms with van der Waals surface area (Å²) in [5.74, 6) is -0.265. The molecule has 0 aliphatic rings. The first-order valence-electron chi connectivity index (χ1n) is 9.15. The predicted octanol–water partition coefficient (Wildman–Crippen LogP) is 4.33. The van der Waals surface area contributed by atoms with Crippen molar-refractivity contribution in [3.63, 3.8) is 0 Å². The second kappa shape index (κ2) is 8.57. The maximum Gasteiger partial charge on any atom is 0.262 e. The summed E-state index contributed by atoms with van der Waals surface area (Å²) >= 11 is 0. The molecule has 0 aliphatic carbocycles. The van der Waals surface area contributed by atoms with Crippen LogP contribution in [0.4, 0.5) is 5.69 Å². The van der Waals surface area contributed by atoms with Gasteiger partial charge >= 0.3 is 0 Å². The lowest BCUT2D eigenvalue weighted by Crippen LogP contribution is -2.32. The zero-order valence-electron chi connectivity index (χ0n) is 16.6. The summed E-state index contributed by atoms with van der Waals surface area (Å²) in [6.07, 6.45) is 1.84. The average Bonchev–Trinajstić information content (AvgIpc) is 2.53. The number of hydrogen-bond donors (Lipinski definition) is 2. The van der Waals surface area contributed by atoms with Crippen molar-refractivity contribution < 1.29 is 13.2 Å². The molecular formula is C21H28N2O3S. The normalized spacial score (nSPS) is 12.5. The fourth-order valence-electron chi connectivity index (χ4n) is 3.09. The summed E-state index contributed by atoms with van der Waals surface area (Å²) < 4.78 is 28.4. The summed E-state index contributed by atoms with van der Waals surface area (Å²) in [5.41, 5.74) is 3.39. The van der Waals surface area contributed by atoms with Crippen molar-refractivity contribution in [3.05, 3.63) is 58.7 Å². The van der Waals surface area contributed by atoms with E-state index in [0.29, 0.717) is 16.8 Å². The molecule has 0 saturated carbocycles. The van der Waals surface area contributed by atoms with Gasteiger partial charge in [-0.1, -0.05) is 25.5 Å². The van der Waals surface area contributed by atoms with Gasteiger partial charge in [0.25, 0.3) is 15.9 Å². The van der Waals surface area contributed by atoms with Gasteiger partial charge in [-0.05, 0) is 75.1 Å². The average molecular weight is 389 g/mol. The van der Waals surface area contributed by atoms with Crippen LogP contribution in [0.1, 0.15) is 53.7 Å². The van der Waals surface area contributed by atoms with E-state index in [-0.39, 0.29) is 16.8 Å². The minimum Gasteiger partial charge on any atom is -0.350 e. The van der Waals surface area contributed by atoms with E-state index in [2.05, 4.69) is 17.0 Å². The van der Waals surface area contributed by atoms with Crippen LogP contribution in [-0.2, 0) is 10.0 Å². The summed E-state index contributed by atoms with van der Waals surface area (Å²) in [6.45, 7) is 9.54. The van der Waals surface area contributed by atoms with E-state index >= 15 is 0 Å². The first-order valence-corrected chi connectivity index (χ1v) is 10.6. The van der Waals surface area contributed by atoms with Gasteiger partial charge in [-0.25, -0.2) is 8.42 Å². The number of carbonyl (C=O) groups is 1. The Morgan fingerprint density at radius 3 is 2.26 bits per heavy atom.